The minimum absolute atomic E-state index is 0.148. The van der Waals surface area contributed by atoms with Crippen molar-refractivity contribution in [1.82, 2.24) is 4.90 Å². The largest absolute Gasteiger partial charge is 0.399 e. The number of rotatable bonds is 5. The lowest BCUT2D eigenvalue weighted by atomic mass is 10.2. The fourth-order valence-electron chi connectivity index (χ4n) is 1.70. The van der Waals surface area contributed by atoms with Crippen LogP contribution in [0, 0.1) is 0 Å². The molecule has 1 rings (SSSR count). The van der Waals surface area contributed by atoms with Crippen LogP contribution in [0.1, 0.15) is 13.8 Å². The number of carbonyl (C=O) groups is 1. The lowest BCUT2D eigenvalue weighted by Gasteiger charge is -2.24. The molecule has 1 amide bonds. The molecule has 0 heterocycles. The van der Waals surface area contributed by atoms with Gasteiger partial charge in [-0.3, -0.25) is 4.79 Å². The summed E-state index contributed by atoms with van der Waals surface area (Å²) in [7, 11) is 1.91. The second-order valence-corrected chi connectivity index (χ2v) is 4.01. The molecule has 1 aromatic carbocycles. The van der Waals surface area contributed by atoms with Gasteiger partial charge < -0.3 is 15.5 Å². The Morgan fingerprint density at radius 3 is 2.18 bits per heavy atom. The summed E-state index contributed by atoms with van der Waals surface area (Å²) >= 11 is 0. The number of hydrogen-bond donors (Lipinski definition) is 1. The van der Waals surface area contributed by atoms with Crippen molar-refractivity contribution in [1.29, 1.82) is 0 Å². The first-order valence-electron chi connectivity index (χ1n) is 5.93. The first kappa shape index (κ1) is 13.4. The quantitative estimate of drug-likeness (QED) is 0.788. The van der Waals surface area contributed by atoms with E-state index in [9.17, 15) is 4.79 Å². The third-order valence-electron chi connectivity index (χ3n) is 2.82. The second-order valence-electron chi connectivity index (χ2n) is 4.01. The van der Waals surface area contributed by atoms with E-state index in [-0.39, 0.29) is 5.91 Å². The predicted molar refractivity (Wildman–Crippen MR) is 72.1 cm³/mol. The molecule has 17 heavy (non-hydrogen) atoms. The topological polar surface area (TPSA) is 49.6 Å². The zero-order valence-corrected chi connectivity index (χ0v) is 10.8. The first-order valence-corrected chi connectivity index (χ1v) is 5.93. The van der Waals surface area contributed by atoms with Gasteiger partial charge in [0.15, 0.2) is 0 Å². The van der Waals surface area contributed by atoms with Crippen LogP contribution in [0.25, 0.3) is 0 Å². The number of amides is 1. The van der Waals surface area contributed by atoms with E-state index < -0.39 is 0 Å². The Bertz CT molecular complexity index is 357. The van der Waals surface area contributed by atoms with Gasteiger partial charge in [-0.05, 0) is 38.1 Å². The van der Waals surface area contributed by atoms with Crippen LogP contribution in [-0.2, 0) is 4.79 Å². The molecule has 0 spiro atoms. The van der Waals surface area contributed by atoms with Crippen LogP contribution in [0.3, 0.4) is 0 Å². The Hall–Kier alpha value is -1.71. The molecule has 94 valence electrons. The standard InChI is InChI=1S/C13H21N3O/c1-4-16(5-2)13(17)10-15(3)12-8-6-11(14)7-9-12/h6-9H,4-5,10,14H2,1-3H3. The van der Waals surface area contributed by atoms with Crippen molar-refractivity contribution in [2.24, 2.45) is 0 Å². The summed E-state index contributed by atoms with van der Waals surface area (Å²) in [5, 5.41) is 0. The molecule has 1 aromatic rings. The summed E-state index contributed by atoms with van der Waals surface area (Å²) in [5.41, 5.74) is 7.36. The van der Waals surface area contributed by atoms with Crippen LogP contribution in [0.2, 0.25) is 0 Å². The molecule has 0 atom stereocenters. The molecule has 0 unspecified atom stereocenters. The molecule has 0 saturated carbocycles. The van der Waals surface area contributed by atoms with Gasteiger partial charge in [0.1, 0.15) is 0 Å². The van der Waals surface area contributed by atoms with Crippen LogP contribution in [0.15, 0.2) is 24.3 Å². The molecule has 0 bridgehead atoms. The van der Waals surface area contributed by atoms with Crippen LogP contribution in [0.5, 0.6) is 0 Å². The van der Waals surface area contributed by atoms with Crippen molar-refractivity contribution < 1.29 is 4.79 Å². The Labute approximate surface area is 103 Å². The molecule has 0 aromatic heterocycles. The van der Waals surface area contributed by atoms with E-state index in [1.54, 1.807) is 0 Å². The van der Waals surface area contributed by atoms with Crippen LogP contribution >= 0.6 is 0 Å². The van der Waals surface area contributed by atoms with Crippen molar-refractivity contribution >= 4 is 17.3 Å². The summed E-state index contributed by atoms with van der Waals surface area (Å²) in [6.45, 7) is 5.89. The van der Waals surface area contributed by atoms with Gasteiger partial charge >= 0.3 is 0 Å². The van der Waals surface area contributed by atoms with Crippen molar-refractivity contribution in [2.45, 2.75) is 13.8 Å². The van der Waals surface area contributed by atoms with Gasteiger partial charge in [0.2, 0.25) is 5.91 Å². The van der Waals surface area contributed by atoms with Gasteiger partial charge in [-0.2, -0.15) is 0 Å². The third kappa shape index (κ3) is 3.66. The molecular weight excluding hydrogens is 214 g/mol. The molecule has 0 radical (unpaired) electrons. The molecule has 0 aliphatic carbocycles. The fourth-order valence-corrected chi connectivity index (χ4v) is 1.70. The van der Waals surface area contributed by atoms with Crippen LogP contribution < -0.4 is 10.6 Å². The highest BCUT2D eigenvalue weighted by Gasteiger charge is 2.12. The minimum Gasteiger partial charge on any atom is -0.399 e. The van der Waals surface area contributed by atoms with E-state index in [1.165, 1.54) is 0 Å². The van der Waals surface area contributed by atoms with E-state index in [0.717, 1.165) is 24.5 Å². The maximum absolute atomic E-state index is 11.9. The zero-order chi connectivity index (χ0) is 12.8. The van der Waals surface area contributed by atoms with Crippen LogP contribution in [-0.4, -0.2) is 37.5 Å². The Morgan fingerprint density at radius 1 is 1.18 bits per heavy atom. The minimum atomic E-state index is 0.148. The number of hydrogen-bond acceptors (Lipinski definition) is 3. The highest BCUT2D eigenvalue weighted by molar-refractivity contribution is 5.81. The summed E-state index contributed by atoms with van der Waals surface area (Å²) in [5.74, 6) is 0.148. The highest BCUT2D eigenvalue weighted by atomic mass is 16.2. The SMILES string of the molecule is CCN(CC)C(=O)CN(C)c1ccc(N)cc1. The molecule has 0 saturated heterocycles. The van der Waals surface area contributed by atoms with Crippen LogP contribution in [0.4, 0.5) is 11.4 Å². The zero-order valence-electron chi connectivity index (χ0n) is 10.8. The first-order chi connectivity index (χ1) is 8.08. The molecular formula is C13H21N3O. The van der Waals surface area contributed by atoms with E-state index >= 15 is 0 Å². The van der Waals surface area contributed by atoms with E-state index in [0.29, 0.717) is 6.54 Å². The average molecular weight is 235 g/mol. The van der Waals surface area contributed by atoms with Crippen molar-refractivity contribution in [3.63, 3.8) is 0 Å². The number of benzene rings is 1. The Kier molecular flexibility index (Phi) is 4.82. The van der Waals surface area contributed by atoms with Crippen molar-refractivity contribution in [2.75, 3.05) is 37.3 Å². The van der Waals surface area contributed by atoms with E-state index in [4.69, 9.17) is 5.73 Å². The Balaban J connectivity index is 2.62. The van der Waals surface area contributed by atoms with Gasteiger partial charge in [-0.15, -0.1) is 0 Å². The van der Waals surface area contributed by atoms with Gasteiger partial charge in [0, 0.05) is 31.5 Å². The molecule has 4 nitrogen and oxygen atoms in total. The third-order valence-corrected chi connectivity index (χ3v) is 2.82. The van der Waals surface area contributed by atoms with Gasteiger partial charge in [0.05, 0.1) is 6.54 Å². The number of anilines is 2. The van der Waals surface area contributed by atoms with Gasteiger partial charge in [0.25, 0.3) is 0 Å². The average Bonchev–Trinajstić information content (AvgIpc) is 2.31. The highest BCUT2D eigenvalue weighted by Crippen LogP contribution is 2.14. The van der Waals surface area contributed by atoms with Crippen molar-refractivity contribution in [3.8, 4) is 0 Å². The lowest BCUT2D eigenvalue weighted by Crippen LogP contribution is -2.38. The number of nitrogens with two attached hydrogens (primary N) is 1. The summed E-state index contributed by atoms with van der Waals surface area (Å²) in [4.78, 5) is 15.7. The summed E-state index contributed by atoms with van der Waals surface area (Å²) < 4.78 is 0. The number of carbonyl (C=O) groups excluding carboxylic acids is 1. The molecule has 0 aliphatic rings. The number of nitrogen functional groups attached to an aromatic ring is 1. The normalized spacial score (nSPS) is 10.1. The Morgan fingerprint density at radius 2 is 1.71 bits per heavy atom. The molecule has 0 fully saturated rings. The summed E-state index contributed by atoms with van der Waals surface area (Å²) in [6.07, 6.45) is 0. The molecule has 0 aliphatic heterocycles. The lowest BCUT2D eigenvalue weighted by molar-refractivity contribution is -0.129. The maximum Gasteiger partial charge on any atom is 0.242 e. The number of likely N-dealkylation sites (N-methyl/N-ethyl adjacent to an activating group) is 2. The molecule has 4 heteroatoms. The summed E-state index contributed by atoms with van der Waals surface area (Å²) in [6, 6.07) is 7.52. The predicted octanol–water partition coefficient (Wildman–Crippen LogP) is 1.57. The number of nitrogens with zero attached hydrogens (tertiary/aromatic N) is 2. The monoisotopic (exact) mass is 235 g/mol. The van der Waals surface area contributed by atoms with E-state index in [1.807, 2.05) is 55.0 Å². The molecule has 2 N–H and O–H groups in total. The van der Waals surface area contributed by atoms with Gasteiger partial charge in [-0.25, -0.2) is 0 Å². The second kappa shape index (κ2) is 6.13. The maximum atomic E-state index is 11.9. The smallest absolute Gasteiger partial charge is 0.242 e. The van der Waals surface area contributed by atoms with Gasteiger partial charge in [-0.1, -0.05) is 0 Å². The van der Waals surface area contributed by atoms with Crippen molar-refractivity contribution in [3.05, 3.63) is 24.3 Å². The van der Waals surface area contributed by atoms with E-state index in [2.05, 4.69) is 0 Å². The fraction of sp³-hybridized carbons (Fsp3) is 0.462.